The second-order valence-electron chi connectivity index (χ2n) is 4.14. The number of nitrogen functional groups attached to an aromatic ring is 1. The molecule has 1 rings (SSSR count). The van der Waals surface area contributed by atoms with Crippen LogP contribution in [-0.4, -0.2) is 29.9 Å². The van der Waals surface area contributed by atoms with Crippen molar-refractivity contribution in [3.63, 3.8) is 0 Å². The lowest BCUT2D eigenvalue weighted by Gasteiger charge is -2.22. The third kappa shape index (κ3) is 2.72. The minimum Gasteiger partial charge on any atom is -0.399 e. The molecule has 5 N–H and O–H groups in total. The van der Waals surface area contributed by atoms with E-state index < -0.39 is 12.2 Å². The second-order valence-corrected chi connectivity index (χ2v) is 4.14. The summed E-state index contributed by atoms with van der Waals surface area (Å²) in [6, 6.07) is 3.61. The van der Waals surface area contributed by atoms with Crippen LogP contribution in [0.25, 0.3) is 0 Å². The van der Waals surface area contributed by atoms with Crippen LogP contribution < -0.4 is 11.1 Å². The maximum absolute atomic E-state index is 10.0. The molecule has 0 radical (unpaired) electrons. The summed E-state index contributed by atoms with van der Waals surface area (Å²) in [5.74, 6) is 0. The van der Waals surface area contributed by atoms with Gasteiger partial charge in [-0.25, -0.2) is 0 Å². The Morgan fingerprint density at radius 3 is 2.19 bits per heavy atom. The van der Waals surface area contributed by atoms with Gasteiger partial charge >= 0.3 is 0 Å². The zero-order valence-corrected chi connectivity index (χ0v) is 9.99. The number of hydrogen-bond acceptors (Lipinski definition) is 4. The number of nitrogens with one attached hydrogen (secondary N) is 1. The van der Waals surface area contributed by atoms with Crippen LogP contribution in [0.2, 0.25) is 0 Å². The Bertz CT molecular complexity index is 343. The van der Waals surface area contributed by atoms with Crippen molar-refractivity contribution in [2.24, 2.45) is 0 Å². The number of nitrogens with two attached hydrogens (primary N) is 1. The van der Waals surface area contributed by atoms with Gasteiger partial charge in [-0.05, 0) is 49.7 Å². The van der Waals surface area contributed by atoms with Gasteiger partial charge in [-0.15, -0.1) is 0 Å². The van der Waals surface area contributed by atoms with Gasteiger partial charge in [-0.1, -0.05) is 0 Å². The van der Waals surface area contributed by atoms with E-state index in [0.29, 0.717) is 12.2 Å². The first-order chi connectivity index (χ1) is 7.47. The molecule has 0 aliphatic rings. The molecular formula is C12H20N2O2. The van der Waals surface area contributed by atoms with Crippen molar-refractivity contribution in [1.82, 2.24) is 5.32 Å². The molecule has 0 aliphatic heterocycles. The zero-order chi connectivity index (χ0) is 12.3. The molecule has 0 bridgehead atoms. The number of benzene rings is 1. The van der Waals surface area contributed by atoms with Crippen LogP contribution in [-0.2, 0) is 0 Å². The van der Waals surface area contributed by atoms with E-state index in [9.17, 15) is 10.2 Å². The highest BCUT2D eigenvalue weighted by molar-refractivity contribution is 5.49. The molecule has 0 saturated carbocycles. The predicted octanol–water partition coefficient (Wildman–Crippen LogP) is 0.499. The first-order valence-corrected chi connectivity index (χ1v) is 5.34. The SMILES string of the molecule is CNCC(O)C(O)c1c(C)cc(N)cc1C. The van der Waals surface area contributed by atoms with Crippen molar-refractivity contribution in [2.45, 2.75) is 26.1 Å². The highest BCUT2D eigenvalue weighted by atomic mass is 16.3. The van der Waals surface area contributed by atoms with Crippen LogP contribution in [0.3, 0.4) is 0 Å². The number of aliphatic hydroxyl groups excluding tert-OH is 2. The Labute approximate surface area is 96.1 Å². The van der Waals surface area contributed by atoms with Crippen molar-refractivity contribution in [1.29, 1.82) is 0 Å². The lowest BCUT2D eigenvalue weighted by atomic mass is 9.94. The fraction of sp³-hybridized carbons (Fsp3) is 0.500. The van der Waals surface area contributed by atoms with Gasteiger partial charge in [0.2, 0.25) is 0 Å². The van der Waals surface area contributed by atoms with Gasteiger partial charge < -0.3 is 21.3 Å². The third-order valence-electron chi connectivity index (χ3n) is 2.69. The average molecular weight is 224 g/mol. The Kier molecular flexibility index (Phi) is 4.29. The highest BCUT2D eigenvalue weighted by Gasteiger charge is 2.21. The first kappa shape index (κ1) is 13.0. The first-order valence-electron chi connectivity index (χ1n) is 5.34. The van der Waals surface area contributed by atoms with E-state index >= 15 is 0 Å². The maximum atomic E-state index is 10.0. The summed E-state index contributed by atoms with van der Waals surface area (Å²) in [5, 5.41) is 22.6. The third-order valence-corrected chi connectivity index (χ3v) is 2.69. The normalized spacial score (nSPS) is 14.8. The molecule has 2 unspecified atom stereocenters. The van der Waals surface area contributed by atoms with E-state index in [1.807, 2.05) is 13.8 Å². The number of aliphatic hydroxyl groups is 2. The Balaban J connectivity index is 3.03. The van der Waals surface area contributed by atoms with Gasteiger partial charge in [0.05, 0.1) is 6.10 Å². The van der Waals surface area contributed by atoms with Crippen LogP contribution in [0.5, 0.6) is 0 Å². The van der Waals surface area contributed by atoms with Gasteiger partial charge in [0.15, 0.2) is 0 Å². The molecule has 16 heavy (non-hydrogen) atoms. The number of rotatable bonds is 4. The summed E-state index contributed by atoms with van der Waals surface area (Å²) in [4.78, 5) is 0. The predicted molar refractivity (Wildman–Crippen MR) is 65.2 cm³/mol. The maximum Gasteiger partial charge on any atom is 0.107 e. The van der Waals surface area contributed by atoms with Crippen LogP contribution >= 0.6 is 0 Å². The van der Waals surface area contributed by atoms with Crippen LogP contribution in [0, 0.1) is 13.8 Å². The Morgan fingerprint density at radius 1 is 1.25 bits per heavy atom. The largest absolute Gasteiger partial charge is 0.399 e. The van der Waals surface area contributed by atoms with Crippen molar-refractivity contribution in [3.8, 4) is 0 Å². The van der Waals surface area contributed by atoms with Crippen molar-refractivity contribution in [3.05, 3.63) is 28.8 Å². The lowest BCUT2D eigenvalue weighted by molar-refractivity contribution is 0.0195. The van der Waals surface area contributed by atoms with Gasteiger partial charge in [-0.2, -0.15) is 0 Å². The fourth-order valence-electron chi connectivity index (χ4n) is 1.99. The molecule has 0 saturated heterocycles. The summed E-state index contributed by atoms with van der Waals surface area (Å²) in [6.07, 6.45) is -1.70. The molecule has 4 heteroatoms. The molecule has 90 valence electrons. The lowest BCUT2D eigenvalue weighted by Crippen LogP contribution is -2.30. The zero-order valence-electron chi connectivity index (χ0n) is 9.99. The second kappa shape index (κ2) is 5.30. The van der Waals surface area contributed by atoms with Crippen molar-refractivity contribution < 1.29 is 10.2 Å². The van der Waals surface area contributed by atoms with Crippen molar-refractivity contribution in [2.75, 3.05) is 19.3 Å². The van der Waals surface area contributed by atoms with Crippen LogP contribution in [0.1, 0.15) is 22.8 Å². The monoisotopic (exact) mass is 224 g/mol. The molecule has 0 aliphatic carbocycles. The Morgan fingerprint density at radius 2 is 1.75 bits per heavy atom. The minimum atomic E-state index is -0.881. The van der Waals surface area contributed by atoms with Crippen LogP contribution in [0.15, 0.2) is 12.1 Å². The molecule has 0 spiro atoms. The molecule has 2 atom stereocenters. The van der Waals surface area contributed by atoms with E-state index in [-0.39, 0.29) is 0 Å². The van der Waals surface area contributed by atoms with E-state index in [1.54, 1.807) is 19.2 Å². The van der Waals surface area contributed by atoms with E-state index in [0.717, 1.165) is 16.7 Å². The molecule has 0 amide bonds. The van der Waals surface area contributed by atoms with Gasteiger partial charge in [0, 0.05) is 12.2 Å². The standard InChI is InChI=1S/C12H20N2O2/c1-7-4-9(13)5-8(2)11(7)12(16)10(15)6-14-3/h4-5,10,12,14-16H,6,13H2,1-3H3. The van der Waals surface area contributed by atoms with Crippen LogP contribution in [0.4, 0.5) is 5.69 Å². The van der Waals surface area contributed by atoms with Gasteiger partial charge in [0.1, 0.15) is 6.10 Å². The summed E-state index contributed by atoms with van der Waals surface area (Å²) in [7, 11) is 1.73. The quantitative estimate of drug-likeness (QED) is 0.562. The molecule has 0 aromatic heterocycles. The summed E-state index contributed by atoms with van der Waals surface area (Å²) in [5.41, 5.74) is 8.95. The topological polar surface area (TPSA) is 78.5 Å². The number of hydrogen-bond donors (Lipinski definition) is 4. The Hall–Kier alpha value is -1.10. The molecule has 4 nitrogen and oxygen atoms in total. The molecular weight excluding hydrogens is 204 g/mol. The molecule has 0 fully saturated rings. The smallest absolute Gasteiger partial charge is 0.107 e. The summed E-state index contributed by atoms with van der Waals surface area (Å²) in [6.45, 7) is 4.12. The molecule has 0 heterocycles. The average Bonchev–Trinajstić information content (AvgIpc) is 2.16. The number of likely N-dealkylation sites (N-methyl/N-ethyl adjacent to an activating group) is 1. The molecule has 1 aromatic rings. The fourth-order valence-corrected chi connectivity index (χ4v) is 1.99. The van der Waals surface area contributed by atoms with E-state index in [1.165, 1.54) is 0 Å². The summed E-state index contributed by atoms with van der Waals surface area (Å²) >= 11 is 0. The van der Waals surface area contributed by atoms with E-state index in [2.05, 4.69) is 5.32 Å². The van der Waals surface area contributed by atoms with Gasteiger partial charge in [0.25, 0.3) is 0 Å². The van der Waals surface area contributed by atoms with Gasteiger partial charge in [-0.3, -0.25) is 0 Å². The van der Waals surface area contributed by atoms with E-state index in [4.69, 9.17) is 5.73 Å². The number of aryl methyl sites for hydroxylation is 2. The molecule has 1 aromatic carbocycles. The highest BCUT2D eigenvalue weighted by Crippen LogP contribution is 2.26. The minimum absolute atomic E-state index is 0.352. The van der Waals surface area contributed by atoms with Crippen molar-refractivity contribution >= 4 is 5.69 Å². The summed E-state index contributed by atoms with van der Waals surface area (Å²) < 4.78 is 0. The number of anilines is 1.